The van der Waals surface area contributed by atoms with Crippen LogP contribution in [0, 0.1) is 13.8 Å². The van der Waals surface area contributed by atoms with Crippen LogP contribution in [0.25, 0.3) is 6.08 Å². The molecule has 1 fully saturated rings. The van der Waals surface area contributed by atoms with Gasteiger partial charge in [-0.05, 0) is 42.7 Å². The van der Waals surface area contributed by atoms with Gasteiger partial charge in [0.1, 0.15) is 4.32 Å². The maximum atomic E-state index is 12.6. The number of nitrogens with zero attached hydrogens (tertiary/aromatic N) is 1. The standard InChI is InChI=1S/C19H18N2OS2/c1-13-8-9-14(2)16(10-13)20-12-21-18(22)17(24-19(21)23)11-15-6-4-3-5-7-15/h3-11,20H,12H2,1-2H3/b17-11-. The Morgan fingerprint density at radius 3 is 2.67 bits per heavy atom. The van der Waals surface area contributed by atoms with E-state index in [0.717, 1.165) is 16.8 Å². The fourth-order valence-electron chi connectivity index (χ4n) is 2.43. The highest BCUT2D eigenvalue weighted by Gasteiger charge is 2.31. The number of anilines is 1. The third kappa shape index (κ3) is 3.68. The fraction of sp³-hybridized carbons (Fsp3) is 0.158. The average Bonchev–Trinajstić information content (AvgIpc) is 2.83. The van der Waals surface area contributed by atoms with E-state index in [-0.39, 0.29) is 5.91 Å². The highest BCUT2D eigenvalue weighted by Crippen LogP contribution is 2.32. The summed E-state index contributed by atoms with van der Waals surface area (Å²) in [6.45, 7) is 4.47. The van der Waals surface area contributed by atoms with Gasteiger partial charge >= 0.3 is 0 Å². The van der Waals surface area contributed by atoms with Gasteiger partial charge in [-0.3, -0.25) is 9.69 Å². The molecule has 0 bridgehead atoms. The molecule has 5 heteroatoms. The van der Waals surface area contributed by atoms with E-state index >= 15 is 0 Å². The molecule has 122 valence electrons. The molecular weight excluding hydrogens is 336 g/mol. The van der Waals surface area contributed by atoms with Crippen molar-refractivity contribution in [3.8, 4) is 0 Å². The van der Waals surface area contributed by atoms with Gasteiger partial charge in [0.25, 0.3) is 5.91 Å². The summed E-state index contributed by atoms with van der Waals surface area (Å²) in [7, 11) is 0. The van der Waals surface area contributed by atoms with Gasteiger partial charge in [0.2, 0.25) is 0 Å². The maximum absolute atomic E-state index is 12.6. The number of rotatable bonds is 4. The van der Waals surface area contributed by atoms with Crippen molar-refractivity contribution in [1.82, 2.24) is 4.90 Å². The zero-order valence-corrected chi connectivity index (χ0v) is 15.2. The highest BCUT2D eigenvalue weighted by molar-refractivity contribution is 8.26. The van der Waals surface area contributed by atoms with Crippen molar-refractivity contribution in [2.75, 3.05) is 12.0 Å². The number of hydrogen-bond donors (Lipinski definition) is 1. The Labute approximate surface area is 151 Å². The molecule has 3 rings (SSSR count). The number of hydrogen-bond acceptors (Lipinski definition) is 4. The largest absolute Gasteiger partial charge is 0.367 e. The molecule has 1 aliphatic rings. The van der Waals surface area contributed by atoms with E-state index in [4.69, 9.17) is 12.2 Å². The number of aryl methyl sites for hydroxylation is 2. The van der Waals surface area contributed by atoms with E-state index in [9.17, 15) is 4.79 Å². The van der Waals surface area contributed by atoms with Gasteiger partial charge < -0.3 is 5.32 Å². The van der Waals surface area contributed by atoms with E-state index < -0.39 is 0 Å². The number of nitrogens with one attached hydrogen (secondary N) is 1. The monoisotopic (exact) mass is 354 g/mol. The average molecular weight is 355 g/mol. The lowest BCUT2D eigenvalue weighted by molar-refractivity contribution is -0.121. The van der Waals surface area contributed by atoms with Crippen molar-refractivity contribution < 1.29 is 4.79 Å². The second-order valence-corrected chi connectivity index (χ2v) is 7.35. The first kappa shape index (κ1) is 16.7. The number of carbonyl (C=O) groups is 1. The van der Waals surface area contributed by atoms with Gasteiger partial charge in [-0.25, -0.2) is 0 Å². The fourth-order valence-corrected chi connectivity index (χ4v) is 3.68. The normalized spacial score (nSPS) is 16.1. The third-order valence-electron chi connectivity index (χ3n) is 3.79. The number of benzene rings is 2. The summed E-state index contributed by atoms with van der Waals surface area (Å²) in [5, 5.41) is 3.32. The zero-order chi connectivity index (χ0) is 17.1. The van der Waals surface area contributed by atoms with Gasteiger partial charge in [0, 0.05) is 5.69 Å². The Bertz CT molecular complexity index is 815. The Morgan fingerprint density at radius 1 is 1.17 bits per heavy atom. The molecule has 0 spiro atoms. The quantitative estimate of drug-likeness (QED) is 0.644. The minimum Gasteiger partial charge on any atom is -0.367 e. The molecule has 0 aromatic heterocycles. The van der Waals surface area contributed by atoms with Crippen LogP contribution in [0.4, 0.5) is 5.69 Å². The molecule has 0 unspecified atom stereocenters. The molecule has 1 heterocycles. The SMILES string of the molecule is Cc1ccc(C)c(NCN2C(=O)/C(=C/c3ccccc3)SC2=S)c1. The van der Waals surface area contributed by atoms with Crippen LogP contribution in [0.15, 0.2) is 53.4 Å². The van der Waals surface area contributed by atoms with Crippen molar-refractivity contribution in [2.45, 2.75) is 13.8 Å². The number of carbonyl (C=O) groups excluding carboxylic acids is 1. The molecule has 0 saturated carbocycles. The lowest BCUT2D eigenvalue weighted by atomic mass is 10.1. The van der Waals surface area contributed by atoms with Crippen molar-refractivity contribution in [3.63, 3.8) is 0 Å². The minimum absolute atomic E-state index is 0.0494. The van der Waals surface area contributed by atoms with Crippen LogP contribution >= 0.6 is 24.0 Å². The highest BCUT2D eigenvalue weighted by atomic mass is 32.2. The maximum Gasteiger partial charge on any atom is 0.267 e. The molecule has 0 aliphatic carbocycles. The first-order chi connectivity index (χ1) is 11.5. The molecule has 3 nitrogen and oxygen atoms in total. The van der Waals surface area contributed by atoms with E-state index in [1.165, 1.54) is 17.3 Å². The lowest BCUT2D eigenvalue weighted by Gasteiger charge is -2.17. The molecule has 2 aromatic carbocycles. The Kier molecular flexibility index (Phi) is 5.02. The first-order valence-corrected chi connectivity index (χ1v) is 8.88. The summed E-state index contributed by atoms with van der Waals surface area (Å²) in [4.78, 5) is 14.9. The third-order valence-corrected chi connectivity index (χ3v) is 5.17. The summed E-state index contributed by atoms with van der Waals surface area (Å²) in [6, 6.07) is 16.0. The molecule has 1 amide bonds. The summed E-state index contributed by atoms with van der Waals surface area (Å²) < 4.78 is 0.583. The number of thiocarbonyl (C=S) groups is 1. The first-order valence-electron chi connectivity index (χ1n) is 7.66. The van der Waals surface area contributed by atoms with Gasteiger partial charge in [-0.1, -0.05) is 66.4 Å². The molecule has 24 heavy (non-hydrogen) atoms. The van der Waals surface area contributed by atoms with Gasteiger partial charge in [0.15, 0.2) is 0 Å². The van der Waals surface area contributed by atoms with E-state index in [0.29, 0.717) is 15.9 Å². The van der Waals surface area contributed by atoms with Gasteiger partial charge in [-0.2, -0.15) is 0 Å². The van der Waals surface area contributed by atoms with Crippen molar-refractivity contribution in [1.29, 1.82) is 0 Å². The van der Waals surface area contributed by atoms with Crippen LogP contribution in [0.5, 0.6) is 0 Å². The Hall–Kier alpha value is -2.11. The van der Waals surface area contributed by atoms with Crippen LogP contribution in [0.1, 0.15) is 16.7 Å². The second-order valence-electron chi connectivity index (χ2n) is 5.67. The van der Waals surface area contributed by atoms with Crippen LogP contribution in [-0.4, -0.2) is 21.8 Å². The smallest absolute Gasteiger partial charge is 0.267 e. The summed E-state index contributed by atoms with van der Waals surface area (Å²) in [5.74, 6) is -0.0494. The Morgan fingerprint density at radius 2 is 1.92 bits per heavy atom. The molecule has 2 aromatic rings. The molecule has 1 aliphatic heterocycles. The molecule has 1 saturated heterocycles. The van der Waals surface area contributed by atoms with Crippen molar-refractivity contribution >= 4 is 46.0 Å². The predicted molar refractivity (Wildman–Crippen MR) is 106 cm³/mol. The van der Waals surface area contributed by atoms with E-state index in [1.807, 2.05) is 50.3 Å². The minimum atomic E-state index is -0.0494. The molecule has 0 radical (unpaired) electrons. The van der Waals surface area contributed by atoms with Crippen molar-refractivity contribution in [2.24, 2.45) is 0 Å². The summed E-state index contributed by atoms with van der Waals surface area (Å²) >= 11 is 6.72. The van der Waals surface area contributed by atoms with Crippen LogP contribution in [0.2, 0.25) is 0 Å². The molecular formula is C19H18N2OS2. The number of amides is 1. The van der Waals surface area contributed by atoms with Crippen LogP contribution in [0.3, 0.4) is 0 Å². The van der Waals surface area contributed by atoms with Gasteiger partial charge in [0.05, 0.1) is 11.6 Å². The van der Waals surface area contributed by atoms with Crippen molar-refractivity contribution in [3.05, 3.63) is 70.1 Å². The van der Waals surface area contributed by atoms with E-state index in [2.05, 4.69) is 23.5 Å². The zero-order valence-electron chi connectivity index (χ0n) is 13.6. The van der Waals surface area contributed by atoms with E-state index in [1.54, 1.807) is 4.90 Å². The Balaban J connectivity index is 1.73. The number of thioether (sulfide) groups is 1. The summed E-state index contributed by atoms with van der Waals surface area (Å²) in [6.07, 6.45) is 1.89. The predicted octanol–water partition coefficient (Wildman–Crippen LogP) is 4.57. The molecule has 1 N–H and O–H groups in total. The topological polar surface area (TPSA) is 32.3 Å². The second kappa shape index (κ2) is 7.20. The summed E-state index contributed by atoms with van der Waals surface area (Å²) in [5.41, 5.74) is 4.35. The molecule has 0 atom stereocenters. The van der Waals surface area contributed by atoms with Gasteiger partial charge in [-0.15, -0.1) is 0 Å². The lowest BCUT2D eigenvalue weighted by Crippen LogP contribution is -2.33. The van der Waals surface area contributed by atoms with Crippen LogP contribution in [-0.2, 0) is 4.79 Å². The van der Waals surface area contributed by atoms with Crippen LogP contribution < -0.4 is 5.32 Å².